The van der Waals surface area contributed by atoms with Crippen molar-refractivity contribution in [1.29, 1.82) is 0 Å². The average molecular weight is 328 g/mol. The molecule has 0 aliphatic carbocycles. The molecule has 1 N–H and O–H groups in total. The van der Waals surface area contributed by atoms with E-state index < -0.39 is 12.0 Å². The average Bonchev–Trinajstić information content (AvgIpc) is 2.81. The fourth-order valence-electron chi connectivity index (χ4n) is 1.99. The molecule has 2 rings (SSSR count). The van der Waals surface area contributed by atoms with Gasteiger partial charge in [0.05, 0.1) is 6.20 Å². The number of carbonyl (C=O) groups is 1. The highest BCUT2D eigenvalue weighted by Gasteiger charge is 2.22. The summed E-state index contributed by atoms with van der Waals surface area (Å²) in [7, 11) is 3.42. The lowest BCUT2D eigenvalue weighted by Gasteiger charge is -2.20. The number of nitrogens with zero attached hydrogens (tertiary/aromatic N) is 3. The van der Waals surface area contributed by atoms with Crippen molar-refractivity contribution in [2.75, 3.05) is 7.05 Å². The van der Waals surface area contributed by atoms with E-state index in [0.717, 1.165) is 5.56 Å². The number of hydrogen-bond donors (Lipinski definition) is 1. The first kappa shape index (κ1) is 15.8. The Kier molecular flexibility index (Phi) is 4.88. The summed E-state index contributed by atoms with van der Waals surface area (Å²) in [6.07, 6.45) is 2.18. The summed E-state index contributed by atoms with van der Waals surface area (Å²) in [6.45, 7) is 0.359. The molecule has 0 saturated heterocycles. The van der Waals surface area contributed by atoms with E-state index in [4.69, 9.17) is 23.2 Å². The van der Waals surface area contributed by atoms with E-state index in [0.29, 0.717) is 22.2 Å². The standard InChI is InChI=1S/C14H15Cl2N3O2/c1-18(7-9-6-17-19(2)8-9)14(21)13(20)10-3-11(15)5-12(16)4-10/h3-6,8,13,20H,7H2,1-2H3. The molecule has 112 valence electrons. The molecule has 0 saturated carbocycles. The van der Waals surface area contributed by atoms with Crippen LogP contribution in [0.1, 0.15) is 17.2 Å². The molecule has 1 aromatic carbocycles. The smallest absolute Gasteiger partial charge is 0.256 e. The van der Waals surface area contributed by atoms with E-state index in [2.05, 4.69) is 5.10 Å². The van der Waals surface area contributed by atoms with Crippen molar-refractivity contribution in [2.24, 2.45) is 7.05 Å². The minimum Gasteiger partial charge on any atom is -0.378 e. The number of benzene rings is 1. The first-order valence-corrected chi connectivity index (χ1v) is 6.99. The molecule has 1 unspecified atom stereocenters. The molecule has 7 heteroatoms. The van der Waals surface area contributed by atoms with Gasteiger partial charge in [0.15, 0.2) is 6.10 Å². The second-order valence-corrected chi connectivity index (χ2v) is 5.69. The molecule has 0 bridgehead atoms. The van der Waals surface area contributed by atoms with Gasteiger partial charge in [0.2, 0.25) is 0 Å². The number of rotatable bonds is 4. The van der Waals surface area contributed by atoms with Gasteiger partial charge in [0.1, 0.15) is 0 Å². The zero-order chi connectivity index (χ0) is 15.6. The predicted octanol–water partition coefficient (Wildman–Crippen LogP) is 2.42. The van der Waals surface area contributed by atoms with E-state index in [1.807, 2.05) is 6.20 Å². The Balaban J connectivity index is 2.10. The molecule has 1 aromatic heterocycles. The van der Waals surface area contributed by atoms with Gasteiger partial charge in [-0.25, -0.2) is 0 Å². The number of aliphatic hydroxyl groups is 1. The molecule has 2 aromatic rings. The highest BCUT2D eigenvalue weighted by atomic mass is 35.5. The normalized spacial score (nSPS) is 12.2. The van der Waals surface area contributed by atoms with E-state index in [9.17, 15) is 9.90 Å². The van der Waals surface area contributed by atoms with Crippen molar-refractivity contribution in [3.05, 3.63) is 51.8 Å². The Labute approximate surface area is 132 Å². The molecule has 5 nitrogen and oxygen atoms in total. The first-order valence-electron chi connectivity index (χ1n) is 6.23. The summed E-state index contributed by atoms with van der Waals surface area (Å²) < 4.78 is 1.65. The molecule has 0 aliphatic heterocycles. The van der Waals surface area contributed by atoms with Crippen LogP contribution in [-0.2, 0) is 18.4 Å². The minimum atomic E-state index is -1.30. The Morgan fingerprint density at radius 2 is 2.00 bits per heavy atom. The second kappa shape index (κ2) is 6.47. The number of aliphatic hydroxyl groups excluding tert-OH is 1. The van der Waals surface area contributed by atoms with Crippen LogP contribution in [0.2, 0.25) is 10.0 Å². The third kappa shape index (κ3) is 3.97. The van der Waals surface area contributed by atoms with E-state index >= 15 is 0 Å². The maximum absolute atomic E-state index is 12.2. The van der Waals surface area contributed by atoms with Crippen molar-refractivity contribution in [2.45, 2.75) is 12.6 Å². The van der Waals surface area contributed by atoms with Crippen molar-refractivity contribution >= 4 is 29.1 Å². The van der Waals surface area contributed by atoms with Crippen LogP contribution in [0.4, 0.5) is 0 Å². The van der Waals surface area contributed by atoms with Gasteiger partial charge in [-0.3, -0.25) is 9.48 Å². The van der Waals surface area contributed by atoms with Crippen LogP contribution in [0, 0.1) is 0 Å². The monoisotopic (exact) mass is 327 g/mol. The lowest BCUT2D eigenvalue weighted by atomic mass is 10.1. The topological polar surface area (TPSA) is 58.4 Å². The summed E-state index contributed by atoms with van der Waals surface area (Å²) in [5.41, 5.74) is 1.25. The van der Waals surface area contributed by atoms with Gasteiger partial charge in [0, 0.05) is 42.4 Å². The lowest BCUT2D eigenvalue weighted by molar-refractivity contribution is -0.139. The van der Waals surface area contributed by atoms with Crippen LogP contribution < -0.4 is 0 Å². The lowest BCUT2D eigenvalue weighted by Crippen LogP contribution is -2.31. The van der Waals surface area contributed by atoms with Gasteiger partial charge in [-0.2, -0.15) is 5.10 Å². The molecule has 21 heavy (non-hydrogen) atoms. The molecular weight excluding hydrogens is 313 g/mol. The number of halogens is 2. The fourth-order valence-corrected chi connectivity index (χ4v) is 2.53. The van der Waals surface area contributed by atoms with Crippen LogP contribution in [0.15, 0.2) is 30.6 Å². The van der Waals surface area contributed by atoms with Crippen LogP contribution >= 0.6 is 23.2 Å². The Bertz CT molecular complexity index is 637. The highest BCUT2D eigenvalue weighted by molar-refractivity contribution is 6.34. The second-order valence-electron chi connectivity index (χ2n) is 4.82. The molecule has 0 spiro atoms. The zero-order valence-corrected chi connectivity index (χ0v) is 13.1. The van der Waals surface area contributed by atoms with Crippen LogP contribution in [0.25, 0.3) is 0 Å². The Hall–Kier alpha value is -1.56. The van der Waals surface area contributed by atoms with Gasteiger partial charge < -0.3 is 10.0 Å². The van der Waals surface area contributed by atoms with Crippen LogP contribution in [-0.4, -0.2) is 32.7 Å². The summed E-state index contributed by atoms with van der Waals surface area (Å²) >= 11 is 11.8. The SMILES string of the molecule is CN(Cc1cnn(C)c1)C(=O)C(O)c1cc(Cl)cc(Cl)c1. The van der Waals surface area contributed by atoms with Crippen molar-refractivity contribution in [1.82, 2.24) is 14.7 Å². The summed E-state index contributed by atoms with van der Waals surface area (Å²) in [6, 6.07) is 4.59. The van der Waals surface area contributed by atoms with Gasteiger partial charge in [-0.1, -0.05) is 23.2 Å². The van der Waals surface area contributed by atoms with Crippen LogP contribution in [0.3, 0.4) is 0 Å². The molecule has 0 aliphatic rings. The third-order valence-corrected chi connectivity index (χ3v) is 3.43. The van der Waals surface area contributed by atoms with Gasteiger partial charge >= 0.3 is 0 Å². The summed E-state index contributed by atoms with van der Waals surface area (Å²) in [4.78, 5) is 13.7. The molecular formula is C14H15Cl2N3O2. The van der Waals surface area contributed by atoms with Crippen molar-refractivity contribution < 1.29 is 9.90 Å². The summed E-state index contributed by atoms with van der Waals surface area (Å²) in [5.74, 6) is -0.433. The third-order valence-electron chi connectivity index (χ3n) is 2.99. The molecule has 1 amide bonds. The van der Waals surface area contributed by atoms with Gasteiger partial charge in [0.25, 0.3) is 5.91 Å². The largest absolute Gasteiger partial charge is 0.378 e. The maximum atomic E-state index is 12.2. The highest BCUT2D eigenvalue weighted by Crippen LogP contribution is 2.24. The number of likely N-dealkylation sites (N-methyl/N-ethyl adjacent to an activating group) is 1. The molecule has 0 radical (unpaired) electrons. The van der Waals surface area contributed by atoms with Gasteiger partial charge in [-0.05, 0) is 23.8 Å². The fraction of sp³-hybridized carbons (Fsp3) is 0.286. The molecule has 0 fully saturated rings. The Morgan fingerprint density at radius 3 is 2.52 bits per heavy atom. The van der Waals surface area contributed by atoms with E-state index in [1.165, 1.54) is 17.0 Å². The summed E-state index contributed by atoms with van der Waals surface area (Å²) in [5, 5.41) is 14.9. The molecule has 1 heterocycles. The quantitative estimate of drug-likeness (QED) is 0.938. The van der Waals surface area contributed by atoms with Crippen molar-refractivity contribution in [3.8, 4) is 0 Å². The van der Waals surface area contributed by atoms with Crippen molar-refractivity contribution in [3.63, 3.8) is 0 Å². The predicted molar refractivity (Wildman–Crippen MR) is 81.1 cm³/mol. The van der Waals surface area contributed by atoms with Crippen LogP contribution in [0.5, 0.6) is 0 Å². The number of carbonyl (C=O) groups excluding carboxylic acids is 1. The van der Waals surface area contributed by atoms with E-state index in [-0.39, 0.29) is 0 Å². The maximum Gasteiger partial charge on any atom is 0.256 e. The number of aryl methyl sites for hydroxylation is 1. The first-order chi connectivity index (χ1) is 9.86. The number of amides is 1. The number of hydrogen-bond acceptors (Lipinski definition) is 3. The van der Waals surface area contributed by atoms with E-state index in [1.54, 1.807) is 31.0 Å². The minimum absolute atomic E-state index is 0.359. The Morgan fingerprint density at radius 1 is 1.38 bits per heavy atom. The molecule has 1 atom stereocenters. The van der Waals surface area contributed by atoms with Gasteiger partial charge in [-0.15, -0.1) is 0 Å². The zero-order valence-electron chi connectivity index (χ0n) is 11.6. The number of aromatic nitrogens is 2.